The number of anilines is 1. The minimum atomic E-state index is 0. The lowest BCUT2D eigenvalue weighted by atomic mass is 10.2. The molecule has 152 valence electrons. The first-order valence-corrected chi connectivity index (χ1v) is 9.70. The van der Waals surface area contributed by atoms with Crippen LogP contribution in [-0.2, 0) is 6.54 Å². The number of aliphatic imine (C=N–C) groups is 1. The molecule has 0 atom stereocenters. The van der Waals surface area contributed by atoms with Crippen LogP contribution in [0.2, 0.25) is 0 Å². The van der Waals surface area contributed by atoms with Crippen molar-refractivity contribution in [3.63, 3.8) is 0 Å². The fourth-order valence-electron chi connectivity index (χ4n) is 3.37. The van der Waals surface area contributed by atoms with Crippen molar-refractivity contribution in [3.8, 4) is 0 Å². The predicted molar refractivity (Wildman–Crippen MR) is 128 cm³/mol. The summed E-state index contributed by atoms with van der Waals surface area (Å²) in [4.78, 5) is 9.19. The van der Waals surface area contributed by atoms with Crippen molar-refractivity contribution in [1.29, 1.82) is 0 Å². The molecule has 2 N–H and O–H groups in total. The molecule has 0 aliphatic carbocycles. The van der Waals surface area contributed by atoms with Crippen molar-refractivity contribution < 1.29 is 0 Å². The van der Waals surface area contributed by atoms with Crippen LogP contribution in [-0.4, -0.2) is 56.2 Å². The molecular weight excluding hydrogens is 449 g/mol. The van der Waals surface area contributed by atoms with Gasteiger partial charge in [-0.15, -0.1) is 24.0 Å². The highest BCUT2D eigenvalue weighted by atomic mass is 127. The van der Waals surface area contributed by atoms with Gasteiger partial charge >= 0.3 is 0 Å². The van der Waals surface area contributed by atoms with Crippen LogP contribution < -0.4 is 15.5 Å². The summed E-state index contributed by atoms with van der Waals surface area (Å²) >= 11 is 0. The zero-order chi connectivity index (χ0) is 18.9. The Balaban J connectivity index is 0.00000364. The van der Waals surface area contributed by atoms with Gasteiger partial charge in [0, 0.05) is 57.5 Å². The summed E-state index contributed by atoms with van der Waals surface area (Å²) in [5, 5.41) is 6.85. The minimum absolute atomic E-state index is 0. The monoisotopic (exact) mass is 485 g/mol. The summed E-state index contributed by atoms with van der Waals surface area (Å²) in [6, 6.07) is 9.82. The molecule has 0 bridgehead atoms. The molecule has 0 radical (unpaired) electrons. The van der Waals surface area contributed by atoms with Gasteiger partial charge in [-0.2, -0.15) is 0 Å². The lowest BCUT2D eigenvalue weighted by Gasteiger charge is -2.30. The Kier molecular flexibility index (Phi) is 10.8. The first-order chi connectivity index (χ1) is 12.5. The molecule has 0 aromatic heterocycles. The molecule has 1 aliphatic rings. The average molecular weight is 485 g/mol. The molecule has 2 rings (SSSR count). The number of hydrogen-bond acceptors (Lipinski definition) is 3. The molecule has 0 fully saturated rings. The van der Waals surface area contributed by atoms with E-state index in [9.17, 15) is 0 Å². The maximum atomic E-state index is 4.35. The summed E-state index contributed by atoms with van der Waals surface area (Å²) in [5.74, 6) is 0.853. The molecule has 0 spiro atoms. The van der Waals surface area contributed by atoms with E-state index in [1.807, 2.05) is 7.05 Å². The van der Waals surface area contributed by atoms with E-state index in [1.54, 1.807) is 0 Å². The number of nitrogens with zero attached hydrogens (tertiary/aromatic N) is 3. The largest absolute Gasteiger partial charge is 0.364 e. The highest BCUT2D eigenvalue weighted by Crippen LogP contribution is 2.18. The number of hydrogen-bond donors (Lipinski definition) is 2. The van der Waals surface area contributed by atoms with Gasteiger partial charge in [-0.1, -0.05) is 24.3 Å². The third-order valence-corrected chi connectivity index (χ3v) is 4.77. The number of nitrogens with one attached hydrogen (secondary N) is 2. The van der Waals surface area contributed by atoms with Gasteiger partial charge in [-0.05, 0) is 45.4 Å². The Hall–Kier alpha value is -1.28. The van der Waals surface area contributed by atoms with E-state index in [0.29, 0.717) is 12.1 Å². The van der Waals surface area contributed by atoms with E-state index in [0.717, 1.165) is 38.7 Å². The number of halogens is 1. The van der Waals surface area contributed by atoms with E-state index in [-0.39, 0.29) is 24.0 Å². The van der Waals surface area contributed by atoms with Crippen LogP contribution in [0.25, 0.3) is 0 Å². The van der Waals surface area contributed by atoms with Crippen molar-refractivity contribution in [1.82, 2.24) is 15.5 Å². The first kappa shape index (κ1) is 23.8. The third kappa shape index (κ3) is 7.70. The molecule has 1 aromatic rings. The summed E-state index contributed by atoms with van der Waals surface area (Å²) in [7, 11) is 1.82. The molecule has 6 heteroatoms. The zero-order valence-corrected chi connectivity index (χ0v) is 19.7. The van der Waals surface area contributed by atoms with Crippen molar-refractivity contribution in [3.05, 3.63) is 42.0 Å². The summed E-state index contributed by atoms with van der Waals surface area (Å²) in [6.45, 7) is 13.7. The Morgan fingerprint density at radius 1 is 1.11 bits per heavy atom. The number of benzene rings is 1. The SMILES string of the molecule is CN=C(NCCN(C(C)C)C(C)C)NCc1cccc(N2CC=CC2)c1.I. The van der Waals surface area contributed by atoms with Crippen LogP contribution in [0.1, 0.15) is 33.3 Å². The molecule has 27 heavy (non-hydrogen) atoms. The van der Waals surface area contributed by atoms with Crippen molar-refractivity contribution in [2.45, 2.75) is 46.3 Å². The third-order valence-electron chi connectivity index (χ3n) is 4.77. The van der Waals surface area contributed by atoms with Crippen LogP contribution in [0.15, 0.2) is 41.4 Å². The molecule has 5 nitrogen and oxygen atoms in total. The smallest absolute Gasteiger partial charge is 0.191 e. The fraction of sp³-hybridized carbons (Fsp3) is 0.571. The molecule has 0 unspecified atom stereocenters. The zero-order valence-electron chi connectivity index (χ0n) is 17.4. The second-order valence-electron chi connectivity index (χ2n) is 7.32. The van der Waals surface area contributed by atoms with E-state index >= 15 is 0 Å². The first-order valence-electron chi connectivity index (χ1n) is 9.70. The van der Waals surface area contributed by atoms with E-state index in [2.05, 4.69) is 89.5 Å². The molecule has 1 aliphatic heterocycles. The highest BCUT2D eigenvalue weighted by Gasteiger charge is 2.13. The Bertz CT molecular complexity index is 596. The van der Waals surface area contributed by atoms with Crippen LogP contribution in [0.4, 0.5) is 5.69 Å². The average Bonchev–Trinajstić information content (AvgIpc) is 3.15. The molecule has 1 heterocycles. The standard InChI is InChI=1S/C21H35N5.HI/c1-17(2)26(18(3)4)14-11-23-21(22-5)24-16-19-9-8-10-20(15-19)25-12-6-7-13-25;/h6-10,15,17-18H,11-14,16H2,1-5H3,(H2,22,23,24);1H. The normalized spacial score (nSPS) is 14.2. The second kappa shape index (κ2) is 12.2. The lowest BCUT2D eigenvalue weighted by Crippen LogP contribution is -2.45. The summed E-state index contributed by atoms with van der Waals surface area (Å²) in [6.07, 6.45) is 4.43. The maximum Gasteiger partial charge on any atom is 0.191 e. The van der Waals surface area contributed by atoms with Crippen LogP contribution in [0.3, 0.4) is 0 Å². The minimum Gasteiger partial charge on any atom is -0.364 e. The van der Waals surface area contributed by atoms with Gasteiger partial charge in [-0.25, -0.2) is 0 Å². The van der Waals surface area contributed by atoms with Gasteiger partial charge in [-0.3, -0.25) is 9.89 Å². The Morgan fingerprint density at radius 3 is 2.37 bits per heavy atom. The number of rotatable bonds is 8. The predicted octanol–water partition coefficient (Wildman–Crippen LogP) is 3.46. The van der Waals surface area contributed by atoms with Crippen molar-refractivity contribution >= 4 is 35.6 Å². The van der Waals surface area contributed by atoms with E-state index < -0.39 is 0 Å². The molecule has 0 saturated heterocycles. The van der Waals surface area contributed by atoms with Gasteiger partial charge in [0.25, 0.3) is 0 Å². The van der Waals surface area contributed by atoms with Gasteiger partial charge in [0.05, 0.1) is 0 Å². The molecule has 0 saturated carbocycles. The molecule has 1 aromatic carbocycles. The fourth-order valence-corrected chi connectivity index (χ4v) is 3.37. The van der Waals surface area contributed by atoms with Gasteiger partial charge in [0.15, 0.2) is 5.96 Å². The van der Waals surface area contributed by atoms with Crippen molar-refractivity contribution in [2.75, 3.05) is 38.1 Å². The topological polar surface area (TPSA) is 42.9 Å². The van der Waals surface area contributed by atoms with Crippen LogP contribution >= 0.6 is 24.0 Å². The Labute approximate surface area is 182 Å². The van der Waals surface area contributed by atoms with E-state index in [4.69, 9.17) is 0 Å². The van der Waals surface area contributed by atoms with Gasteiger partial charge in [0.2, 0.25) is 0 Å². The van der Waals surface area contributed by atoms with Gasteiger partial charge in [0.1, 0.15) is 0 Å². The maximum absolute atomic E-state index is 4.35. The molecule has 0 amide bonds. The second-order valence-corrected chi connectivity index (χ2v) is 7.32. The van der Waals surface area contributed by atoms with Crippen molar-refractivity contribution in [2.24, 2.45) is 4.99 Å². The summed E-state index contributed by atoms with van der Waals surface area (Å²) < 4.78 is 0. The number of guanidine groups is 1. The molecular formula is C21H36IN5. The lowest BCUT2D eigenvalue weighted by molar-refractivity contribution is 0.178. The van der Waals surface area contributed by atoms with E-state index in [1.165, 1.54) is 11.3 Å². The van der Waals surface area contributed by atoms with Crippen LogP contribution in [0.5, 0.6) is 0 Å². The quantitative estimate of drug-likeness (QED) is 0.256. The highest BCUT2D eigenvalue weighted by molar-refractivity contribution is 14.0. The summed E-state index contributed by atoms with van der Waals surface area (Å²) in [5.41, 5.74) is 2.55. The Morgan fingerprint density at radius 2 is 1.78 bits per heavy atom. The van der Waals surface area contributed by atoms with Gasteiger partial charge < -0.3 is 15.5 Å². The van der Waals surface area contributed by atoms with Crippen LogP contribution in [0, 0.1) is 0 Å².